The van der Waals surface area contributed by atoms with Crippen molar-refractivity contribution in [3.63, 3.8) is 0 Å². The van der Waals surface area contributed by atoms with Crippen molar-refractivity contribution in [2.24, 2.45) is 11.8 Å². The molecule has 2 fully saturated rings. The Morgan fingerprint density at radius 1 is 1.14 bits per heavy atom. The molecule has 3 rings (SSSR count). The van der Waals surface area contributed by atoms with Crippen LogP contribution in [0.2, 0.25) is 0 Å². The molecule has 0 bridgehead atoms. The van der Waals surface area contributed by atoms with E-state index >= 15 is 0 Å². The molecule has 0 aromatic heterocycles. The van der Waals surface area contributed by atoms with Gasteiger partial charge < -0.3 is 5.32 Å². The fourth-order valence-electron chi connectivity index (χ4n) is 3.96. The lowest BCUT2D eigenvalue weighted by Crippen LogP contribution is -2.62. The van der Waals surface area contributed by atoms with Crippen LogP contribution in [0.25, 0.3) is 0 Å². The van der Waals surface area contributed by atoms with Gasteiger partial charge in [-0.1, -0.05) is 44.2 Å². The normalized spacial score (nSPS) is 28.0. The second-order valence-corrected chi connectivity index (χ2v) is 7.76. The Kier molecular flexibility index (Phi) is 4.11. The second-order valence-electron chi connectivity index (χ2n) is 7.76. The van der Waals surface area contributed by atoms with Crippen LogP contribution >= 0.6 is 0 Å². The third-order valence-corrected chi connectivity index (χ3v) is 5.64. The van der Waals surface area contributed by atoms with E-state index in [9.17, 15) is 0 Å². The first-order valence-corrected chi connectivity index (χ1v) is 8.55. The van der Waals surface area contributed by atoms with Gasteiger partial charge in [0.1, 0.15) is 0 Å². The molecule has 1 aromatic carbocycles. The van der Waals surface area contributed by atoms with Crippen LogP contribution in [-0.4, -0.2) is 29.6 Å². The third-order valence-electron chi connectivity index (χ3n) is 5.64. The Bertz CT molecular complexity index is 462. The molecule has 0 spiro atoms. The summed E-state index contributed by atoms with van der Waals surface area (Å²) in [5, 5.41) is 3.79. The smallest absolute Gasteiger partial charge is 0.0450 e. The number of benzene rings is 1. The highest BCUT2D eigenvalue weighted by atomic mass is 15.3. The van der Waals surface area contributed by atoms with Crippen LogP contribution < -0.4 is 5.32 Å². The first-order valence-electron chi connectivity index (χ1n) is 8.55. The second kappa shape index (κ2) is 5.73. The van der Waals surface area contributed by atoms with Crippen molar-refractivity contribution in [1.29, 1.82) is 0 Å². The maximum Gasteiger partial charge on any atom is 0.0450 e. The van der Waals surface area contributed by atoms with Crippen LogP contribution in [0.4, 0.5) is 0 Å². The van der Waals surface area contributed by atoms with E-state index in [2.05, 4.69) is 68.2 Å². The number of rotatable bonds is 4. The van der Waals surface area contributed by atoms with Crippen LogP contribution in [0.3, 0.4) is 0 Å². The molecule has 2 heteroatoms. The summed E-state index contributed by atoms with van der Waals surface area (Å²) in [5.41, 5.74) is 1.76. The number of hydrogen-bond acceptors (Lipinski definition) is 2. The van der Waals surface area contributed by atoms with Crippen molar-refractivity contribution in [1.82, 2.24) is 10.2 Å². The number of nitrogens with zero attached hydrogens (tertiary/aromatic N) is 1. The maximum absolute atomic E-state index is 3.79. The van der Waals surface area contributed by atoms with E-state index in [1.807, 2.05) is 0 Å². The summed E-state index contributed by atoms with van der Waals surface area (Å²) in [6, 6.07) is 12.1. The standard InChI is InChI=1S/C19H30N2/c1-14(2)18-12-20-17(15-8-6-5-7-9-15)13-21(18)19(3,4)16-10-11-16/h5-9,14,16-18,20H,10-13H2,1-4H3. The van der Waals surface area contributed by atoms with E-state index in [1.54, 1.807) is 0 Å². The van der Waals surface area contributed by atoms with Gasteiger partial charge in [-0.3, -0.25) is 4.90 Å². The van der Waals surface area contributed by atoms with Crippen molar-refractivity contribution in [3.05, 3.63) is 35.9 Å². The van der Waals surface area contributed by atoms with Crippen molar-refractivity contribution in [3.8, 4) is 0 Å². The Morgan fingerprint density at radius 2 is 1.81 bits per heavy atom. The van der Waals surface area contributed by atoms with Crippen LogP contribution in [0.1, 0.15) is 52.1 Å². The number of nitrogens with one attached hydrogen (secondary N) is 1. The van der Waals surface area contributed by atoms with Crippen LogP contribution in [-0.2, 0) is 0 Å². The molecule has 1 saturated heterocycles. The molecular weight excluding hydrogens is 256 g/mol. The van der Waals surface area contributed by atoms with Gasteiger partial charge in [-0.05, 0) is 44.1 Å². The largest absolute Gasteiger partial charge is 0.307 e. The summed E-state index contributed by atoms with van der Waals surface area (Å²) >= 11 is 0. The highest BCUT2D eigenvalue weighted by Gasteiger charge is 2.46. The molecule has 1 aliphatic heterocycles. The van der Waals surface area contributed by atoms with E-state index < -0.39 is 0 Å². The minimum Gasteiger partial charge on any atom is -0.307 e. The minimum atomic E-state index is 0.337. The van der Waals surface area contributed by atoms with Gasteiger partial charge in [0.15, 0.2) is 0 Å². The average Bonchev–Trinajstić information content (AvgIpc) is 3.32. The van der Waals surface area contributed by atoms with Crippen LogP contribution in [0, 0.1) is 11.8 Å². The Hall–Kier alpha value is -0.860. The van der Waals surface area contributed by atoms with Gasteiger partial charge in [0.25, 0.3) is 0 Å². The SMILES string of the molecule is CC(C)C1CNC(c2ccccc2)CN1C(C)(C)C1CC1. The number of hydrogen-bond donors (Lipinski definition) is 1. The summed E-state index contributed by atoms with van der Waals surface area (Å²) in [7, 11) is 0. The molecular formula is C19H30N2. The summed E-state index contributed by atoms with van der Waals surface area (Å²) in [6.07, 6.45) is 2.83. The fourth-order valence-corrected chi connectivity index (χ4v) is 3.96. The molecule has 1 saturated carbocycles. The van der Waals surface area contributed by atoms with Gasteiger partial charge in [0.2, 0.25) is 0 Å². The molecule has 2 atom stereocenters. The van der Waals surface area contributed by atoms with E-state index in [-0.39, 0.29) is 0 Å². The van der Waals surface area contributed by atoms with Gasteiger partial charge in [0.05, 0.1) is 0 Å². The van der Waals surface area contributed by atoms with Crippen molar-refractivity contribution in [2.75, 3.05) is 13.1 Å². The molecule has 1 N–H and O–H groups in total. The zero-order valence-electron chi connectivity index (χ0n) is 14.0. The zero-order valence-corrected chi connectivity index (χ0v) is 14.0. The maximum atomic E-state index is 3.79. The molecule has 116 valence electrons. The Morgan fingerprint density at radius 3 is 2.38 bits per heavy atom. The fraction of sp³-hybridized carbons (Fsp3) is 0.684. The molecule has 0 radical (unpaired) electrons. The molecule has 2 aliphatic rings. The van der Waals surface area contributed by atoms with Crippen molar-refractivity contribution >= 4 is 0 Å². The predicted octanol–water partition coefficient (Wildman–Crippen LogP) is 3.85. The van der Waals surface area contributed by atoms with Crippen LogP contribution in [0.5, 0.6) is 0 Å². The van der Waals surface area contributed by atoms with E-state index in [0.717, 1.165) is 19.0 Å². The molecule has 1 heterocycles. The highest BCUT2D eigenvalue weighted by molar-refractivity contribution is 5.20. The van der Waals surface area contributed by atoms with Crippen molar-refractivity contribution < 1.29 is 0 Å². The Labute approximate surface area is 129 Å². The third kappa shape index (κ3) is 3.02. The zero-order chi connectivity index (χ0) is 15.0. The quantitative estimate of drug-likeness (QED) is 0.904. The lowest BCUT2D eigenvalue weighted by atomic mass is 9.87. The summed E-state index contributed by atoms with van der Waals surface area (Å²) < 4.78 is 0. The monoisotopic (exact) mass is 286 g/mol. The predicted molar refractivity (Wildman–Crippen MR) is 89.3 cm³/mol. The summed E-state index contributed by atoms with van der Waals surface area (Å²) in [6.45, 7) is 11.9. The first-order chi connectivity index (χ1) is 10.00. The molecule has 2 unspecified atom stereocenters. The van der Waals surface area contributed by atoms with E-state index in [1.165, 1.54) is 18.4 Å². The summed E-state index contributed by atoms with van der Waals surface area (Å²) in [5.74, 6) is 1.60. The molecule has 2 nitrogen and oxygen atoms in total. The lowest BCUT2D eigenvalue weighted by Gasteiger charge is -2.51. The topological polar surface area (TPSA) is 15.3 Å². The van der Waals surface area contributed by atoms with Crippen molar-refractivity contribution in [2.45, 2.75) is 58.2 Å². The minimum absolute atomic E-state index is 0.337. The van der Waals surface area contributed by atoms with E-state index in [4.69, 9.17) is 0 Å². The molecule has 1 aliphatic carbocycles. The van der Waals surface area contributed by atoms with Gasteiger partial charge in [0, 0.05) is 30.7 Å². The van der Waals surface area contributed by atoms with Gasteiger partial charge in [-0.15, -0.1) is 0 Å². The van der Waals surface area contributed by atoms with Crippen LogP contribution in [0.15, 0.2) is 30.3 Å². The first kappa shape index (κ1) is 15.1. The Balaban J connectivity index is 1.82. The van der Waals surface area contributed by atoms with E-state index in [0.29, 0.717) is 23.5 Å². The molecule has 0 amide bonds. The highest BCUT2D eigenvalue weighted by Crippen LogP contribution is 2.45. The van der Waals surface area contributed by atoms with Gasteiger partial charge in [-0.2, -0.15) is 0 Å². The van der Waals surface area contributed by atoms with Gasteiger partial charge in [-0.25, -0.2) is 0 Å². The summed E-state index contributed by atoms with van der Waals surface area (Å²) in [4.78, 5) is 2.81. The number of piperazine rings is 1. The lowest BCUT2D eigenvalue weighted by molar-refractivity contribution is -0.00251. The average molecular weight is 286 g/mol. The molecule has 21 heavy (non-hydrogen) atoms. The molecule has 1 aromatic rings. The van der Waals surface area contributed by atoms with Gasteiger partial charge >= 0.3 is 0 Å².